The molecule has 2 heterocycles. The van der Waals surface area contributed by atoms with Gasteiger partial charge in [0.05, 0.1) is 12.8 Å². The zero-order valence-corrected chi connectivity index (χ0v) is 10.6. The van der Waals surface area contributed by atoms with Crippen molar-refractivity contribution in [3.63, 3.8) is 0 Å². The number of ether oxygens (including phenoxy) is 1. The van der Waals surface area contributed by atoms with E-state index in [0.717, 1.165) is 41.5 Å². The van der Waals surface area contributed by atoms with E-state index in [2.05, 4.69) is 20.3 Å². The van der Waals surface area contributed by atoms with Gasteiger partial charge in [-0.25, -0.2) is 9.97 Å². The molecule has 0 aliphatic carbocycles. The van der Waals surface area contributed by atoms with Gasteiger partial charge in [-0.05, 0) is 18.6 Å². The summed E-state index contributed by atoms with van der Waals surface area (Å²) in [6.07, 6.45) is 4.22. The number of aliphatic imine (C=N–C) groups is 1. The van der Waals surface area contributed by atoms with Crippen molar-refractivity contribution in [2.24, 2.45) is 4.99 Å². The molecule has 1 N–H and O–H groups in total. The van der Waals surface area contributed by atoms with Gasteiger partial charge < -0.3 is 10.1 Å². The summed E-state index contributed by atoms with van der Waals surface area (Å²) >= 11 is 0. The van der Waals surface area contributed by atoms with E-state index in [4.69, 9.17) is 4.74 Å². The van der Waals surface area contributed by atoms with E-state index in [1.807, 2.05) is 24.3 Å². The smallest absolute Gasteiger partial charge is 0.137 e. The molecule has 0 radical (unpaired) electrons. The van der Waals surface area contributed by atoms with Crippen molar-refractivity contribution in [1.82, 2.24) is 9.97 Å². The standard InChI is InChI=1S/C14H14N4O/c1-19-11-4-2-3-10(7-11)18-14-12-5-6-15-8-13(12)16-9-17-14/h2-4,7-9H,5-6H2,1H3,(H,16,17,18). The number of benzene rings is 1. The van der Waals surface area contributed by atoms with Crippen LogP contribution in [-0.4, -0.2) is 29.8 Å². The maximum Gasteiger partial charge on any atom is 0.137 e. The van der Waals surface area contributed by atoms with E-state index < -0.39 is 0 Å². The molecule has 0 saturated carbocycles. The number of anilines is 2. The first kappa shape index (κ1) is 11.6. The van der Waals surface area contributed by atoms with Crippen molar-refractivity contribution in [3.8, 4) is 5.75 Å². The summed E-state index contributed by atoms with van der Waals surface area (Å²) in [6.45, 7) is 0.785. The average Bonchev–Trinajstić information content (AvgIpc) is 2.48. The van der Waals surface area contributed by atoms with Crippen molar-refractivity contribution >= 4 is 17.7 Å². The van der Waals surface area contributed by atoms with E-state index in [-0.39, 0.29) is 0 Å². The Morgan fingerprint density at radius 1 is 1.26 bits per heavy atom. The lowest BCUT2D eigenvalue weighted by Gasteiger charge is -2.14. The maximum atomic E-state index is 5.21. The van der Waals surface area contributed by atoms with Gasteiger partial charge in [0.1, 0.15) is 17.9 Å². The first-order valence-corrected chi connectivity index (χ1v) is 6.11. The van der Waals surface area contributed by atoms with E-state index in [0.29, 0.717) is 0 Å². The summed E-state index contributed by atoms with van der Waals surface area (Å²) in [5.74, 6) is 1.65. The number of rotatable bonds is 3. The molecule has 1 aromatic heterocycles. The van der Waals surface area contributed by atoms with Crippen LogP contribution in [0.5, 0.6) is 5.75 Å². The molecule has 0 saturated heterocycles. The fourth-order valence-electron chi connectivity index (χ4n) is 2.06. The summed E-state index contributed by atoms with van der Waals surface area (Å²) in [5, 5.41) is 3.31. The predicted molar refractivity (Wildman–Crippen MR) is 74.5 cm³/mol. The number of hydrogen-bond donors (Lipinski definition) is 1. The van der Waals surface area contributed by atoms with Gasteiger partial charge in [0.15, 0.2) is 0 Å². The second kappa shape index (κ2) is 5.06. The minimum atomic E-state index is 0.785. The minimum absolute atomic E-state index is 0.785. The second-order valence-electron chi connectivity index (χ2n) is 4.23. The Kier molecular flexibility index (Phi) is 3.10. The lowest BCUT2D eigenvalue weighted by Crippen LogP contribution is -2.10. The van der Waals surface area contributed by atoms with Gasteiger partial charge in [-0.2, -0.15) is 0 Å². The summed E-state index contributed by atoms with van der Waals surface area (Å²) in [6, 6.07) is 7.77. The largest absolute Gasteiger partial charge is 0.497 e. The van der Waals surface area contributed by atoms with Crippen LogP contribution in [0.15, 0.2) is 35.6 Å². The lowest BCUT2D eigenvalue weighted by atomic mass is 10.1. The molecule has 1 aliphatic rings. The second-order valence-corrected chi connectivity index (χ2v) is 4.23. The molecule has 2 aromatic rings. The van der Waals surface area contributed by atoms with Gasteiger partial charge in [-0.3, -0.25) is 4.99 Å². The van der Waals surface area contributed by atoms with Crippen molar-refractivity contribution in [1.29, 1.82) is 0 Å². The predicted octanol–water partition coefficient (Wildman–Crippen LogP) is 2.20. The van der Waals surface area contributed by atoms with Crippen LogP contribution in [0.2, 0.25) is 0 Å². The molecule has 0 fully saturated rings. The van der Waals surface area contributed by atoms with Gasteiger partial charge in [0.25, 0.3) is 0 Å². The highest BCUT2D eigenvalue weighted by Crippen LogP contribution is 2.24. The Morgan fingerprint density at radius 2 is 2.21 bits per heavy atom. The Hall–Kier alpha value is -2.43. The molecular weight excluding hydrogens is 240 g/mol. The van der Waals surface area contributed by atoms with Crippen molar-refractivity contribution in [3.05, 3.63) is 41.9 Å². The molecule has 0 unspecified atom stereocenters. The third-order valence-electron chi connectivity index (χ3n) is 3.02. The van der Waals surface area contributed by atoms with Gasteiger partial charge in [0.2, 0.25) is 0 Å². The van der Waals surface area contributed by atoms with Crippen LogP contribution in [0.4, 0.5) is 11.5 Å². The highest BCUT2D eigenvalue weighted by atomic mass is 16.5. The van der Waals surface area contributed by atoms with Gasteiger partial charge in [0, 0.05) is 30.1 Å². The molecule has 1 aliphatic heterocycles. The SMILES string of the molecule is COc1cccc(Nc2ncnc3c2CCN=C3)c1. The molecule has 1 aromatic carbocycles. The summed E-state index contributed by atoms with van der Waals surface area (Å²) < 4.78 is 5.21. The Morgan fingerprint density at radius 3 is 3.11 bits per heavy atom. The number of nitrogens with one attached hydrogen (secondary N) is 1. The molecule has 96 valence electrons. The third-order valence-corrected chi connectivity index (χ3v) is 3.02. The molecule has 0 bridgehead atoms. The zero-order chi connectivity index (χ0) is 13.1. The molecule has 5 nitrogen and oxygen atoms in total. The van der Waals surface area contributed by atoms with Gasteiger partial charge in [-0.1, -0.05) is 6.07 Å². The fourth-order valence-corrected chi connectivity index (χ4v) is 2.06. The van der Waals surface area contributed by atoms with Gasteiger partial charge in [-0.15, -0.1) is 0 Å². The number of methoxy groups -OCH3 is 1. The molecule has 19 heavy (non-hydrogen) atoms. The molecule has 0 spiro atoms. The van der Waals surface area contributed by atoms with Crippen LogP contribution in [0.1, 0.15) is 11.3 Å². The summed E-state index contributed by atoms with van der Waals surface area (Å²) in [4.78, 5) is 12.8. The normalized spacial score (nSPS) is 12.9. The highest BCUT2D eigenvalue weighted by molar-refractivity contribution is 5.83. The fraction of sp³-hybridized carbons (Fsp3) is 0.214. The van der Waals surface area contributed by atoms with E-state index in [9.17, 15) is 0 Å². The number of fused-ring (bicyclic) bond motifs is 1. The summed E-state index contributed by atoms with van der Waals surface area (Å²) in [7, 11) is 1.65. The van der Waals surface area contributed by atoms with E-state index >= 15 is 0 Å². The highest BCUT2D eigenvalue weighted by Gasteiger charge is 2.12. The summed E-state index contributed by atoms with van der Waals surface area (Å²) in [5.41, 5.74) is 2.95. The first-order chi connectivity index (χ1) is 9.36. The van der Waals surface area contributed by atoms with E-state index in [1.165, 1.54) is 0 Å². The third kappa shape index (κ3) is 2.40. The maximum absolute atomic E-state index is 5.21. The quantitative estimate of drug-likeness (QED) is 0.912. The average molecular weight is 254 g/mol. The van der Waals surface area contributed by atoms with Crippen LogP contribution < -0.4 is 10.1 Å². The number of nitrogens with zero attached hydrogens (tertiary/aromatic N) is 3. The van der Waals surface area contributed by atoms with Crippen molar-refractivity contribution in [2.45, 2.75) is 6.42 Å². The Labute approximate surface area is 111 Å². The van der Waals surface area contributed by atoms with Crippen LogP contribution >= 0.6 is 0 Å². The Balaban J connectivity index is 1.93. The van der Waals surface area contributed by atoms with E-state index in [1.54, 1.807) is 19.7 Å². The van der Waals surface area contributed by atoms with Crippen LogP contribution in [0.3, 0.4) is 0 Å². The van der Waals surface area contributed by atoms with Crippen LogP contribution in [0, 0.1) is 0 Å². The van der Waals surface area contributed by atoms with Gasteiger partial charge >= 0.3 is 0 Å². The molecule has 5 heteroatoms. The number of aromatic nitrogens is 2. The Bertz CT molecular complexity index is 625. The molecule has 3 rings (SSSR count). The lowest BCUT2D eigenvalue weighted by molar-refractivity contribution is 0.415. The van der Waals surface area contributed by atoms with Crippen LogP contribution in [0.25, 0.3) is 0 Å². The van der Waals surface area contributed by atoms with Crippen molar-refractivity contribution in [2.75, 3.05) is 19.0 Å². The monoisotopic (exact) mass is 254 g/mol. The number of hydrogen-bond acceptors (Lipinski definition) is 5. The van der Waals surface area contributed by atoms with Crippen LogP contribution in [-0.2, 0) is 6.42 Å². The molecule has 0 atom stereocenters. The zero-order valence-electron chi connectivity index (χ0n) is 10.6. The molecular formula is C14H14N4O. The first-order valence-electron chi connectivity index (χ1n) is 6.11. The minimum Gasteiger partial charge on any atom is -0.497 e. The van der Waals surface area contributed by atoms with Crippen molar-refractivity contribution < 1.29 is 4.74 Å². The molecule has 0 amide bonds. The topological polar surface area (TPSA) is 59.4 Å².